The Balaban J connectivity index is 1.78. The number of aromatic nitrogens is 2. The van der Waals surface area contributed by atoms with Gasteiger partial charge in [-0.15, -0.1) is 0 Å². The van der Waals surface area contributed by atoms with E-state index in [1.54, 1.807) is 12.4 Å². The van der Waals surface area contributed by atoms with E-state index in [0.717, 1.165) is 39.2 Å². The molecular formula is C23H16N2O2. The van der Waals surface area contributed by atoms with Crippen LogP contribution in [0.25, 0.3) is 22.2 Å². The molecule has 4 heteroatoms. The van der Waals surface area contributed by atoms with Gasteiger partial charge in [0.25, 0.3) is 0 Å². The molecule has 0 aliphatic carbocycles. The standard InChI is InChI=1S/C23H16N2O2/c1-16(26)11-12-17-14-24-23-21(17)13-18(15-25-23)20-9-5-6-10-22(20)27-19-7-3-2-4-8-19/h2-10,13-15H,1H3,(H,24,25). The van der Waals surface area contributed by atoms with E-state index < -0.39 is 0 Å². The number of carbonyl (C=O) groups excluding carboxylic acids is 1. The Labute approximate surface area is 156 Å². The zero-order chi connectivity index (χ0) is 18.6. The highest BCUT2D eigenvalue weighted by molar-refractivity contribution is 5.95. The second-order valence-electron chi connectivity index (χ2n) is 6.04. The topological polar surface area (TPSA) is 55.0 Å². The number of Topliss-reactive ketones (excluding diaryl/α,β-unsaturated/α-hetero) is 1. The first-order chi connectivity index (χ1) is 13.2. The number of aromatic amines is 1. The normalized spacial score (nSPS) is 10.3. The molecule has 0 unspecified atom stereocenters. The van der Waals surface area contributed by atoms with E-state index in [-0.39, 0.29) is 5.78 Å². The van der Waals surface area contributed by atoms with E-state index in [4.69, 9.17) is 4.74 Å². The third kappa shape index (κ3) is 3.58. The zero-order valence-corrected chi connectivity index (χ0v) is 14.7. The van der Waals surface area contributed by atoms with Crippen LogP contribution in [0.3, 0.4) is 0 Å². The predicted octanol–water partition coefficient (Wildman–Crippen LogP) is 4.96. The molecule has 4 rings (SSSR count). The van der Waals surface area contributed by atoms with Crippen LogP contribution < -0.4 is 4.74 Å². The summed E-state index contributed by atoms with van der Waals surface area (Å²) in [6, 6.07) is 19.5. The van der Waals surface area contributed by atoms with Gasteiger partial charge in [0.1, 0.15) is 17.1 Å². The molecule has 4 aromatic rings. The summed E-state index contributed by atoms with van der Waals surface area (Å²) in [5.41, 5.74) is 3.33. The smallest absolute Gasteiger partial charge is 0.202 e. The summed E-state index contributed by atoms with van der Waals surface area (Å²) in [6.45, 7) is 1.45. The fraction of sp³-hybridized carbons (Fsp3) is 0.0435. The van der Waals surface area contributed by atoms with E-state index in [0.29, 0.717) is 0 Å². The van der Waals surface area contributed by atoms with Crippen LogP contribution in [0.1, 0.15) is 12.5 Å². The minimum Gasteiger partial charge on any atom is -0.457 e. The maximum Gasteiger partial charge on any atom is 0.202 e. The molecule has 2 aromatic carbocycles. The molecule has 0 aliphatic rings. The van der Waals surface area contributed by atoms with E-state index >= 15 is 0 Å². The summed E-state index contributed by atoms with van der Waals surface area (Å²) >= 11 is 0. The first-order valence-electron chi connectivity index (χ1n) is 8.53. The summed E-state index contributed by atoms with van der Waals surface area (Å²) in [7, 11) is 0. The Hall–Kier alpha value is -3.84. The second-order valence-corrected chi connectivity index (χ2v) is 6.04. The number of pyridine rings is 1. The monoisotopic (exact) mass is 352 g/mol. The number of hydrogen-bond acceptors (Lipinski definition) is 3. The molecule has 0 amide bonds. The van der Waals surface area contributed by atoms with Crippen molar-refractivity contribution >= 4 is 16.8 Å². The van der Waals surface area contributed by atoms with Gasteiger partial charge in [-0.05, 0) is 30.2 Å². The highest BCUT2D eigenvalue weighted by atomic mass is 16.5. The molecule has 0 aliphatic heterocycles. The SMILES string of the molecule is CC(=O)C#Cc1c[nH]c2ncc(-c3ccccc3Oc3ccccc3)cc12. The number of nitrogens with one attached hydrogen (secondary N) is 1. The molecule has 2 heterocycles. The lowest BCUT2D eigenvalue weighted by molar-refractivity contribution is -0.111. The van der Waals surface area contributed by atoms with Crippen molar-refractivity contribution in [1.29, 1.82) is 0 Å². The Kier molecular flexibility index (Phi) is 4.42. The number of fused-ring (bicyclic) bond motifs is 1. The van der Waals surface area contributed by atoms with Gasteiger partial charge in [0.05, 0.1) is 5.56 Å². The van der Waals surface area contributed by atoms with Crippen LogP contribution >= 0.6 is 0 Å². The molecule has 0 saturated carbocycles. The number of H-pyrrole nitrogens is 1. The van der Waals surface area contributed by atoms with Gasteiger partial charge in [0, 0.05) is 35.8 Å². The lowest BCUT2D eigenvalue weighted by Crippen LogP contribution is -1.89. The number of hydrogen-bond donors (Lipinski definition) is 1. The molecular weight excluding hydrogens is 336 g/mol. The van der Waals surface area contributed by atoms with E-state index in [1.807, 2.05) is 60.7 Å². The fourth-order valence-electron chi connectivity index (χ4n) is 2.82. The quantitative estimate of drug-likeness (QED) is 0.530. The average Bonchev–Trinajstić information content (AvgIpc) is 3.10. The molecule has 2 aromatic heterocycles. The van der Waals surface area contributed by atoms with E-state index in [9.17, 15) is 4.79 Å². The Bertz CT molecular complexity index is 1180. The maximum atomic E-state index is 11.2. The first kappa shape index (κ1) is 16.6. The zero-order valence-electron chi connectivity index (χ0n) is 14.7. The third-order valence-corrected chi connectivity index (χ3v) is 4.07. The minimum atomic E-state index is -0.171. The molecule has 130 valence electrons. The molecule has 1 N–H and O–H groups in total. The highest BCUT2D eigenvalue weighted by Gasteiger charge is 2.10. The molecule has 4 nitrogen and oxygen atoms in total. The summed E-state index contributed by atoms with van der Waals surface area (Å²) < 4.78 is 6.06. The van der Waals surface area contributed by atoms with Crippen molar-refractivity contribution in [2.75, 3.05) is 0 Å². The lowest BCUT2D eigenvalue weighted by Gasteiger charge is -2.11. The van der Waals surface area contributed by atoms with Crippen LogP contribution in [0.2, 0.25) is 0 Å². The van der Waals surface area contributed by atoms with Crippen LogP contribution in [0.15, 0.2) is 73.1 Å². The van der Waals surface area contributed by atoms with Gasteiger partial charge in [-0.2, -0.15) is 0 Å². The van der Waals surface area contributed by atoms with Crippen molar-refractivity contribution < 1.29 is 9.53 Å². The van der Waals surface area contributed by atoms with Gasteiger partial charge in [0.15, 0.2) is 0 Å². The van der Waals surface area contributed by atoms with Crippen LogP contribution in [0, 0.1) is 11.8 Å². The van der Waals surface area contributed by atoms with Crippen molar-refractivity contribution in [1.82, 2.24) is 9.97 Å². The van der Waals surface area contributed by atoms with Crippen LogP contribution in [0.4, 0.5) is 0 Å². The lowest BCUT2D eigenvalue weighted by atomic mass is 10.0. The molecule has 0 saturated heterocycles. The van der Waals surface area contributed by atoms with Gasteiger partial charge < -0.3 is 9.72 Å². The average molecular weight is 352 g/mol. The largest absolute Gasteiger partial charge is 0.457 e. The number of nitrogens with zero attached hydrogens (tertiary/aromatic N) is 1. The van der Waals surface area contributed by atoms with Crippen LogP contribution in [0.5, 0.6) is 11.5 Å². The van der Waals surface area contributed by atoms with Crippen molar-refractivity contribution in [2.24, 2.45) is 0 Å². The number of ether oxygens (including phenoxy) is 1. The van der Waals surface area contributed by atoms with Gasteiger partial charge in [0.2, 0.25) is 5.78 Å². The second kappa shape index (κ2) is 7.19. The highest BCUT2D eigenvalue weighted by Crippen LogP contribution is 2.34. The fourth-order valence-corrected chi connectivity index (χ4v) is 2.82. The molecule has 0 spiro atoms. The summed E-state index contributed by atoms with van der Waals surface area (Å²) in [4.78, 5) is 18.7. The predicted molar refractivity (Wildman–Crippen MR) is 106 cm³/mol. The molecule has 0 atom stereocenters. The summed E-state index contributed by atoms with van der Waals surface area (Å²) in [5.74, 6) is 6.83. The van der Waals surface area contributed by atoms with Crippen LogP contribution in [-0.4, -0.2) is 15.8 Å². The molecule has 0 bridgehead atoms. The molecule has 27 heavy (non-hydrogen) atoms. The Morgan fingerprint density at radius 1 is 1.07 bits per heavy atom. The molecule has 0 radical (unpaired) electrons. The van der Waals surface area contributed by atoms with Gasteiger partial charge in [-0.3, -0.25) is 4.79 Å². The number of benzene rings is 2. The van der Waals surface area contributed by atoms with Crippen molar-refractivity contribution in [2.45, 2.75) is 6.92 Å². The summed E-state index contributed by atoms with van der Waals surface area (Å²) in [6.07, 6.45) is 3.57. The van der Waals surface area contributed by atoms with Gasteiger partial charge in [-0.1, -0.05) is 42.3 Å². The maximum absolute atomic E-state index is 11.2. The van der Waals surface area contributed by atoms with Crippen LogP contribution in [-0.2, 0) is 4.79 Å². The summed E-state index contributed by atoms with van der Waals surface area (Å²) in [5, 5.41) is 0.871. The van der Waals surface area contributed by atoms with Crippen molar-refractivity contribution in [3.63, 3.8) is 0 Å². The van der Waals surface area contributed by atoms with E-state index in [1.165, 1.54) is 6.92 Å². The minimum absolute atomic E-state index is 0.171. The number of ketones is 1. The van der Waals surface area contributed by atoms with Crippen molar-refractivity contribution in [3.8, 4) is 34.5 Å². The van der Waals surface area contributed by atoms with E-state index in [2.05, 4.69) is 21.8 Å². The Morgan fingerprint density at radius 3 is 2.67 bits per heavy atom. The Morgan fingerprint density at radius 2 is 1.85 bits per heavy atom. The number of rotatable bonds is 3. The number of para-hydroxylation sites is 2. The van der Waals surface area contributed by atoms with Crippen molar-refractivity contribution in [3.05, 3.63) is 78.6 Å². The number of carbonyl (C=O) groups is 1. The third-order valence-electron chi connectivity index (χ3n) is 4.07. The first-order valence-corrected chi connectivity index (χ1v) is 8.53. The molecule has 0 fully saturated rings. The van der Waals surface area contributed by atoms with Gasteiger partial charge >= 0.3 is 0 Å². The van der Waals surface area contributed by atoms with Gasteiger partial charge in [-0.25, -0.2) is 4.98 Å².